The molecule has 2 heterocycles. The fourth-order valence-electron chi connectivity index (χ4n) is 3.08. The zero-order valence-corrected chi connectivity index (χ0v) is 12.6. The Morgan fingerprint density at radius 2 is 2.10 bits per heavy atom. The van der Waals surface area contributed by atoms with Crippen LogP contribution in [0.2, 0.25) is 0 Å². The van der Waals surface area contributed by atoms with Gasteiger partial charge in [-0.3, -0.25) is 4.90 Å². The van der Waals surface area contributed by atoms with Gasteiger partial charge in [0.05, 0.1) is 0 Å². The number of pyridine rings is 1. The van der Waals surface area contributed by atoms with Gasteiger partial charge in [0.1, 0.15) is 5.82 Å². The number of hydrogen-bond donors (Lipinski definition) is 1. The molecule has 1 saturated heterocycles. The van der Waals surface area contributed by atoms with Crippen LogP contribution in [0.25, 0.3) is 0 Å². The van der Waals surface area contributed by atoms with E-state index in [-0.39, 0.29) is 0 Å². The molecule has 3 rings (SSSR count). The van der Waals surface area contributed by atoms with Crippen molar-refractivity contribution in [2.24, 2.45) is 0 Å². The third kappa shape index (κ3) is 3.61. The number of nitrogens with zero attached hydrogens (tertiary/aromatic N) is 2. The highest BCUT2D eigenvalue weighted by Crippen LogP contribution is 2.28. The summed E-state index contributed by atoms with van der Waals surface area (Å²) in [7, 11) is 0. The molecule has 1 aliphatic heterocycles. The second-order valence-corrected chi connectivity index (χ2v) is 5.71. The summed E-state index contributed by atoms with van der Waals surface area (Å²) < 4.78 is 0. The third-order valence-electron chi connectivity index (χ3n) is 4.13. The Hall–Kier alpha value is -1.87. The maximum atomic E-state index is 4.34. The van der Waals surface area contributed by atoms with Gasteiger partial charge in [0.2, 0.25) is 0 Å². The number of benzene rings is 1. The first-order valence-corrected chi connectivity index (χ1v) is 7.81. The van der Waals surface area contributed by atoms with Gasteiger partial charge in [0.25, 0.3) is 0 Å². The van der Waals surface area contributed by atoms with E-state index >= 15 is 0 Å². The predicted molar refractivity (Wildman–Crippen MR) is 87.5 cm³/mol. The van der Waals surface area contributed by atoms with E-state index in [0.29, 0.717) is 5.92 Å². The summed E-state index contributed by atoms with van der Waals surface area (Å²) in [6.45, 7) is 6.36. The molecular formula is C18H23N3. The van der Waals surface area contributed by atoms with Crippen molar-refractivity contribution in [3.63, 3.8) is 0 Å². The quantitative estimate of drug-likeness (QED) is 0.909. The zero-order chi connectivity index (χ0) is 14.5. The molecule has 0 radical (unpaired) electrons. The van der Waals surface area contributed by atoms with E-state index in [4.69, 9.17) is 0 Å². The van der Waals surface area contributed by atoms with Crippen LogP contribution in [0.3, 0.4) is 0 Å². The second-order valence-electron chi connectivity index (χ2n) is 5.71. The molecule has 1 unspecified atom stereocenters. The lowest BCUT2D eigenvalue weighted by Crippen LogP contribution is -2.19. The van der Waals surface area contributed by atoms with Crippen LogP contribution in [0.1, 0.15) is 30.4 Å². The van der Waals surface area contributed by atoms with E-state index in [1.807, 2.05) is 6.20 Å². The zero-order valence-electron chi connectivity index (χ0n) is 12.6. The number of anilines is 1. The summed E-state index contributed by atoms with van der Waals surface area (Å²) in [5, 5.41) is 3.28. The number of nitrogens with one attached hydrogen (secondary N) is 1. The molecular weight excluding hydrogens is 258 g/mol. The summed E-state index contributed by atoms with van der Waals surface area (Å²) in [6, 6.07) is 15.2. The predicted octanol–water partition coefficient (Wildman–Crippen LogP) is 3.50. The van der Waals surface area contributed by atoms with Crippen LogP contribution >= 0.6 is 0 Å². The van der Waals surface area contributed by atoms with Crippen molar-refractivity contribution in [3.05, 3.63) is 59.8 Å². The minimum atomic E-state index is 0.682. The van der Waals surface area contributed by atoms with Crippen LogP contribution in [0.4, 0.5) is 5.82 Å². The van der Waals surface area contributed by atoms with E-state index in [1.165, 1.54) is 24.1 Å². The lowest BCUT2D eigenvalue weighted by atomic mass is 9.99. The molecule has 1 atom stereocenters. The van der Waals surface area contributed by atoms with Crippen LogP contribution in [-0.2, 0) is 6.54 Å². The van der Waals surface area contributed by atoms with Crippen LogP contribution in [0, 0.1) is 0 Å². The molecule has 1 N–H and O–H groups in total. The fourth-order valence-corrected chi connectivity index (χ4v) is 3.08. The van der Waals surface area contributed by atoms with E-state index in [2.05, 4.69) is 64.6 Å². The lowest BCUT2D eigenvalue weighted by Gasteiger charge is -2.16. The standard InChI is InChI=1S/C18H23N3/c1-2-19-18-12-15(8-10-20-18)13-21-11-9-17(14-21)16-6-4-3-5-7-16/h3-8,10,12,17H,2,9,11,13-14H2,1H3,(H,19,20). The number of aromatic nitrogens is 1. The van der Waals surface area contributed by atoms with Crippen molar-refractivity contribution in [3.8, 4) is 0 Å². The monoisotopic (exact) mass is 281 g/mol. The van der Waals surface area contributed by atoms with Gasteiger partial charge < -0.3 is 5.32 Å². The molecule has 1 aromatic carbocycles. The molecule has 0 bridgehead atoms. The fraction of sp³-hybridized carbons (Fsp3) is 0.389. The van der Waals surface area contributed by atoms with E-state index in [0.717, 1.165) is 25.5 Å². The summed E-state index contributed by atoms with van der Waals surface area (Å²) in [5.41, 5.74) is 2.82. The molecule has 110 valence electrons. The van der Waals surface area contributed by atoms with E-state index in [9.17, 15) is 0 Å². The average Bonchev–Trinajstić information content (AvgIpc) is 2.97. The maximum Gasteiger partial charge on any atom is 0.126 e. The van der Waals surface area contributed by atoms with E-state index < -0.39 is 0 Å². The van der Waals surface area contributed by atoms with Crippen molar-refractivity contribution >= 4 is 5.82 Å². The van der Waals surface area contributed by atoms with Gasteiger partial charge in [0.15, 0.2) is 0 Å². The Morgan fingerprint density at radius 3 is 2.90 bits per heavy atom. The van der Waals surface area contributed by atoms with Gasteiger partial charge >= 0.3 is 0 Å². The Balaban J connectivity index is 1.61. The Labute approximate surface area is 127 Å². The molecule has 3 nitrogen and oxygen atoms in total. The molecule has 0 amide bonds. The molecule has 1 fully saturated rings. The highest BCUT2D eigenvalue weighted by molar-refractivity contribution is 5.37. The van der Waals surface area contributed by atoms with Crippen molar-refractivity contribution in [2.75, 3.05) is 25.0 Å². The Bertz CT molecular complexity index is 568. The minimum absolute atomic E-state index is 0.682. The average molecular weight is 281 g/mol. The minimum Gasteiger partial charge on any atom is -0.370 e. The molecule has 21 heavy (non-hydrogen) atoms. The third-order valence-corrected chi connectivity index (χ3v) is 4.13. The van der Waals surface area contributed by atoms with Crippen LogP contribution in [-0.4, -0.2) is 29.5 Å². The molecule has 0 aliphatic carbocycles. The summed E-state index contributed by atoms with van der Waals surface area (Å²) in [6.07, 6.45) is 3.16. The molecule has 3 heteroatoms. The van der Waals surface area contributed by atoms with Crippen molar-refractivity contribution in [1.29, 1.82) is 0 Å². The first kappa shape index (κ1) is 14.1. The van der Waals surface area contributed by atoms with Crippen LogP contribution < -0.4 is 5.32 Å². The van der Waals surface area contributed by atoms with Gasteiger partial charge in [-0.25, -0.2) is 4.98 Å². The summed E-state index contributed by atoms with van der Waals surface area (Å²) in [5.74, 6) is 1.66. The van der Waals surface area contributed by atoms with Crippen LogP contribution in [0.15, 0.2) is 48.7 Å². The smallest absolute Gasteiger partial charge is 0.126 e. The first-order valence-electron chi connectivity index (χ1n) is 7.81. The van der Waals surface area contributed by atoms with Crippen molar-refractivity contribution in [2.45, 2.75) is 25.8 Å². The summed E-state index contributed by atoms with van der Waals surface area (Å²) >= 11 is 0. The highest BCUT2D eigenvalue weighted by atomic mass is 15.1. The van der Waals surface area contributed by atoms with Gasteiger partial charge in [-0.2, -0.15) is 0 Å². The molecule has 2 aromatic rings. The Morgan fingerprint density at radius 1 is 1.24 bits per heavy atom. The summed E-state index contributed by atoms with van der Waals surface area (Å²) in [4.78, 5) is 6.88. The topological polar surface area (TPSA) is 28.2 Å². The SMILES string of the molecule is CCNc1cc(CN2CCC(c3ccccc3)C2)ccn1. The normalized spacial score (nSPS) is 18.8. The largest absolute Gasteiger partial charge is 0.370 e. The first-order chi connectivity index (χ1) is 10.3. The van der Waals surface area contributed by atoms with Gasteiger partial charge in [-0.1, -0.05) is 30.3 Å². The molecule has 0 saturated carbocycles. The molecule has 1 aliphatic rings. The van der Waals surface area contributed by atoms with Crippen molar-refractivity contribution < 1.29 is 0 Å². The van der Waals surface area contributed by atoms with Crippen LogP contribution in [0.5, 0.6) is 0 Å². The highest BCUT2D eigenvalue weighted by Gasteiger charge is 2.23. The van der Waals surface area contributed by atoms with Crippen molar-refractivity contribution in [1.82, 2.24) is 9.88 Å². The lowest BCUT2D eigenvalue weighted by molar-refractivity contribution is 0.327. The van der Waals surface area contributed by atoms with E-state index in [1.54, 1.807) is 0 Å². The number of rotatable bonds is 5. The maximum absolute atomic E-state index is 4.34. The van der Waals surface area contributed by atoms with Gasteiger partial charge in [0, 0.05) is 25.8 Å². The Kier molecular flexibility index (Phi) is 4.51. The molecule has 0 spiro atoms. The van der Waals surface area contributed by atoms with Gasteiger partial charge in [-0.05, 0) is 49.1 Å². The second kappa shape index (κ2) is 6.72. The van der Waals surface area contributed by atoms with Gasteiger partial charge in [-0.15, -0.1) is 0 Å². The molecule has 1 aromatic heterocycles. The number of hydrogen-bond acceptors (Lipinski definition) is 3. The number of likely N-dealkylation sites (tertiary alicyclic amines) is 1.